The lowest BCUT2D eigenvalue weighted by Gasteiger charge is -2.05. The fourth-order valence-corrected chi connectivity index (χ4v) is 3.70. The van der Waals surface area contributed by atoms with Crippen LogP contribution in [-0.2, 0) is 0 Å². The van der Waals surface area contributed by atoms with Gasteiger partial charge in [0.05, 0.1) is 5.69 Å². The second-order valence-electron chi connectivity index (χ2n) is 5.92. The van der Waals surface area contributed by atoms with Crippen molar-refractivity contribution in [3.05, 3.63) is 72.0 Å². The maximum atomic E-state index is 12.7. The van der Waals surface area contributed by atoms with Crippen LogP contribution in [0.2, 0.25) is 0 Å². The number of nitrogens with zero attached hydrogens (tertiary/aromatic N) is 3. The Morgan fingerprint density at radius 3 is 2.68 bits per heavy atom. The van der Waals surface area contributed by atoms with Crippen LogP contribution in [0.3, 0.4) is 0 Å². The summed E-state index contributed by atoms with van der Waals surface area (Å²) in [6.07, 6.45) is 0. The minimum atomic E-state index is -0.446. The Hall–Kier alpha value is -3.50. The van der Waals surface area contributed by atoms with Crippen molar-refractivity contribution in [3.63, 3.8) is 0 Å². The largest absolute Gasteiger partial charge is 0.451 e. The van der Waals surface area contributed by atoms with Gasteiger partial charge >= 0.3 is 0 Å². The molecule has 0 fully saturated rings. The summed E-state index contributed by atoms with van der Waals surface area (Å²) < 4.78 is 7.29. The highest BCUT2D eigenvalue weighted by atomic mass is 32.2. The molecule has 2 aromatic carbocycles. The highest BCUT2D eigenvalue weighted by Gasteiger charge is 2.22. The van der Waals surface area contributed by atoms with E-state index < -0.39 is 5.91 Å². The van der Waals surface area contributed by atoms with Crippen molar-refractivity contribution in [2.45, 2.75) is 11.9 Å². The number of nitriles is 1. The van der Waals surface area contributed by atoms with Gasteiger partial charge in [-0.1, -0.05) is 43.3 Å². The molecular weight excluding hydrogens is 372 g/mol. The van der Waals surface area contributed by atoms with E-state index in [-0.39, 0.29) is 11.6 Å². The molecule has 7 heteroatoms. The number of fused-ring (bicyclic) bond motifs is 1. The molecule has 2 heterocycles. The predicted molar refractivity (Wildman–Crippen MR) is 109 cm³/mol. The summed E-state index contributed by atoms with van der Waals surface area (Å²) in [5.74, 6) is 0.708. The molecule has 0 saturated heterocycles. The second-order valence-corrected chi connectivity index (χ2v) is 7.18. The van der Waals surface area contributed by atoms with Gasteiger partial charge in [0.1, 0.15) is 22.2 Å². The summed E-state index contributed by atoms with van der Waals surface area (Å²) in [7, 11) is 0. The van der Waals surface area contributed by atoms with Crippen molar-refractivity contribution in [1.29, 1.82) is 5.26 Å². The number of aromatic nitrogens is 2. The van der Waals surface area contributed by atoms with Crippen LogP contribution in [0, 0.1) is 11.3 Å². The molecule has 28 heavy (non-hydrogen) atoms. The van der Waals surface area contributed by atoms with E-state index in [0.717, 1.165) is 16.8 Å². The third-order valence-corrected chi connectivity index (χ3v) is 5.06. The first-order valence-electron chi connectivity index (χ1n) is 8.72. The summed E-state index contributed by atoms with van der Waals surface area (Å²) >= 11 is 1.50. The zero-order valence-electron chi connectivity index (χ0n) is 15.0. The molecule has 0 radical (unpaired) electrons. The molecule has 1 N–H and O–H groups in total. The molecule has 138 valence electrons. The molecule has 0 unspecified atom stereocenters. The highest BCUT2D eigenvalue weighted by Crippen LogP contribution is 2.31. The van der Waals surface area contributed by atoms with Gasteiger partial charge in [-0.2, -0.15) is 5.26 Å². The number of hydrogen-bond donors (Lipinski definition) is 1. The number of amides is 1. The molecule has 0 aliphatic heterocycles. The van der Waals surface area contributed by atoms with E-state index in [1.807, 2.05) is 55.5 Å². The molecule has 1 amide bonds. The Morgan fingerprint density at radius 2 is 1.96 bits per heavy atom. The van der Waals surface area contributed by atoms with Crippen molar-refractivity contribution in [1.82, 2.24) is 9.78 Å². The SMILES string of the molecule is CCSc1c(C#N)c(NC(=O)c2cc3ccccc3o2)nn1-c1ccccc1. The maximum Gasteiger partial charge on any atom is 0.292 e. The van der Waals surface area contributed by atoms with Gasteiger partial charge in [0, 0.05) is 5.39 Å². The van der Waals surface area contributed by atoms with E-state index >= 15 is 0 Å². The lowest BCUT2D eigenvalue weighted by molar-refractivity contribution is 0.0998. The Morgan fingerprint density at radius 1 is 1.21 bits per heavy atom. The number of rotatable bonds is 5. The van der Waals surface area contributed by atoms with Crippen LogP contribution < -0.4 is 5.32 Å². The molecule has 4 aromatic rings. The average molecular weight is 388 g/mol. The highest BCUT2D eigenvalue weighted by molar-refractivity contribution is 7.99. The van der Waals surface area contributed by atoms with Crippen molar-refractivity contribution >= 4 is 34.5 Å². The smallest absolute Gasteiger partial charge is 0.292 e. The molecular formula is C21H16N4O2S. The molecule has 0 aliphatic carbocycles. The molecule has 4 rings (SSSR count). The Balaban J connectivity index is 1.72. The van der Waals surface area contributed by atoms with Crippen LogP contribution in [0.15, 0.2) is 70.1 Å². The van der Waals surface area contributed by atoms with Gasteiger partial charge in [-0.3, -0.25) is 4.79 Å². The lowest BCUT2D eigenvalue weighted by Crippen LogP contribution is -2.12. The zero-order chi connectivity index (χ0) is 19.5. The topological polar surface area (TPSA) is 83.8 Å². The molecule has 0 bridgehead atoms. The second kappa shape index (κ2) is 7.62. The molecule has 0 aliphatic rings. The van der Waals surface area contributed by atoms with Gasteiger partial charge in [-0.25, -0.2) is 4.68 Å². The minimum absolute atomic E-state index is 0.170. The van der Waals surface area contributed by atoms with E-state index in [1.54, 1.807) is 16.8 Å². The lowest BCUT2D eigenvalue weighted by atomic mass is 10.2. The van der Waals surface area contributed by atoms with Gasteiger partial charge in [-0.05, 0) is 30.0 Å². The molecule has 0 spiro atoms. The van der Waals surface area contributed by atoms with Gasteiger partial charge < -0.3 is 9.73 Å². The normalized spacial score (nSPS) is 10.7. The van der Waals surface area contributed by atoms with Gasteiger partial charge in [0.2, 0.25) is 0 Å². The van der Waals surface area contributed by atoms with E-state index in [9.17, 15) is 10.1 Å². The first-order chi connectivity index (χ1) is 13.7. The van der Waals surface area contributed by atoms with E-state index in [4.69, 9.17) is 4.42 Å². The number of para-hydroxylation sites is 2. The number of benzene rings is 2. The van der Waals surface area contributed by atoms with Crippen LogP contribution >= 0.6 is 11.8 Å². The van der Waals surface area contributed by atoms with Crippen molar-refractivity contribution < 1.29 is 9.21 Å². The van der Waals surface area contributed by atoms with E-state index in [0.29, 0.717) is 16.2 Å². The average Bonchev–Trinajstić information content (AvgIpc) is 3.30. The van der Waals surface area contributed by atoms with E-state index in [1.165, 1.54) is 11.8 Å². The summed E-state index contributed by atoms with van der Waals surface area (Å²) in [5, 5.41) is 18.4. The van der Waals surface area contributed by atoms with Crippen molar-refractivity contribution in [2.75, 3.05) is 11.1 Å². The number of carbonyl (C=O) groups is 1. The van der Waals surface area contributed by atoms with Crippen LogP contribution in [0.25, 0.3) is 16.7 Å². The Labute approximate surface area is 165 Å². The van der Waals surface area contributed by atoms with Crippen molar-refractivity contribution in [3.8, 4) is 11.8 Å². The fourth-order valence-electron chi connectivity index (χ4n) is 2.87. The van der Waals surface area contributed by atoms with Crippen LogP contribution in [0.5, 0.6) is 0 Å². The zero-order valence-corrected chi connectivity index (χ0v) is 15.9. The van der Waals surface area contributed by atoms with Crippen LogP contribution in [0.4, 0.5) is 5.82 Å². The third kappa shape index (κ3) is 3.26. The molecule has 6 nitrogen and oxygen atoms in total. The van der Waals surface area contributed by atoms with Crippen LogP contribution in [0.1, 0.15) is 23.0 Å². The summed E-state index contributed by atoms with van der Waals surface area (Å²) in [4.78, 5) is 12.7. The summed E-state index contributed by atoms with van der Waals surface area (Å²) in [5.41, 5.74) is 1.78. The standard InChI is InChI=1S/C21H16N4O2S/c1-2-28-21-16(13-22)19(24-25(21)15-9-4-3-5-10-15)23-20(26)18-12-14-8-6-7-11-17(14)27-18/h3-12H,2H2,1H3,(H,23,24,26). The molecule has 2 aromatic heterocycles. The Bertz CT molecular complexity index is 1160. The summed E-state index contributed by atoms with van der Waals surface area (Å²) in [6.45, 7) is 2.00. The van der Waals surface area contributed by atoms with Crippen molar-refractivity contribution in [2.24, 2.45) is 0 Å². The third-order valence-electron chi connectivity index (χ3n) is 4.12. The number of furan rings is 1. The van der Waals surface area contributed by atoms with Gasteiger partial charge in [0.25, 0.3) is 5.91 Å². The number of hydrogen-bond acceptors (Lipinski definition) is 5. The first kappa shape index (κ1) is 17.9. The number of anilines is 1. The molecule has 0 saturated carbocycles. The first-order valence-corrected chi connectivity index (χ1v) is 9.71. The summed E-state index contributed by atoms with van der Waals surface area (Å²) in [6, 6.07) is 20.8. The number of thioether (sulfide) groups is 1. The van der Waals surface area contributed by atoms with Gasteiger partial charge in [0.15, 0.2) is 11.6 Å². The number of nitrogens with one attached hydrogen (secondary N) is 1. The van der Waals surface area contributed by atoms with Gasteiger partial charge in [-0.15, -0.1) is 16.9 Å². The Kier molecular flexibility index (Phi) is 4.87. The van der Waals surface area contributed by atoms with Crippen LogP contribution in [-0.4, -0.2) is 21.4 Å². The fraction of sp³-hybridized carbons (Fsp3) is 0.0952. The van der Waals surface area contributed by atoms with E-state index in [2.05, 4.69) is 16.5 Å². The quantitative estimate of drug-likeness (QED) is 0.494. The maximum absolute atomic E-state index is 12.7. The predicted octanol–water partition coefficient (Wildman–Crippen LogP) is 4.85. The minimum Gasteiger partial charge on any atom is -0.451 e. The molecule has 0 atom stereocenters. The number of carbonyl (C=O) groups excluding carboxylic acids is 1. The monoisotopic (exact) mass is 388 g/mol.